The zero-order valence-corrected chi connectivity index (χ0v) is 10.5. The van der Waals surface area contributed by atoms with Crippen LogP contribution in [-0.2, 0) is 12.8 Å². The molecule has 0 saturated heterocycles. The molecule has 0 bridgehead atoms. The van der Waals surface area contributed by atoms with E-state index in [1.165, 1.54) is 47.7 Å². The van der Waals surface area contributed by atoms with Gasteiger partial charge in [0.1, 0.15) is 5.01 Å². The van der Waals surface area contributed by atoms with Crippen LogP contribution >= 0.6 is 11.3 Å². The second kappa shape index (κ2) is 5.08. The molecule has 2 nitrogen and oxygen atoms in total. The van der Waals surface area contributed by atoms with Crippen molar-refractivity contribution in [3.63, 3.8) is 0 Å². The van der Waals surface area contributed by atoms with E-state index in [-0.39, 0.29) is 0 Å². The Morgan fingerprint density at radius 3 is 3.07 bits per heavy atom. The van der Waals surface area contributed by atoms with Crippen LogP contribution < -0.4 is 5.32 Å². The number of aryl methyl sites for hydroxylation is 2. The Hall–Kier alpha value is -0.410. The zero-order valence-electron chi connectivity index (χ0n) is 9.68. The van der Waals surface area contributed by atoms with Gasteiger partial charge in [0.25, 0.3) is 0 Å². The predicted octanol–water partition coefficient (Wildman–Crippen LogP) is 3.08. The van der Waals surface area contributed by atoms with Crippen molar-refractivity contribution in [3.8, 4) is 0 Å². The van der Waals surface area contributed by atoms with E-state index < -0.39 is 0 Å². The summed E-state index contributed by atoms with van der Waals surface area (Å²) in [5.74, 6) is 0. The van der Waals surface area contributed by atoms with Crippen molar-refractivity contribution in [3.05, 3.63) is 15.6 Å². The number of nitrogens with zero attached hydrogens (tertiary/aromatic N) is 1. The molecule has 0 amide bonds. The van der Waals surface area contributed by atoms with Gasteiger partial charge in [0.15, 0.2) is 0 Å². The number of hydrogen-bond acceptors (Lipinski definition) is 3. The van der Waals surface area contributed by atoms with Gasteiger partial charge in [-0.15, -0.1) is 11.3 Å². The number of unbranched alkanes of at least 4 members (excludes halogenated alkanes) is 1. The molecule has 0 fully saturated rings. The third kappa shape index (κ3) is 2.58. The number of aromatic nitrogens is 1. The van der Waals surface area contributed by atoms with Crippen LogP contribution in [0.5, 0.6) is 0 Å². The highest BCUT2D eigenvalue weighted by Crippen LogP contribution is 2.30. The summed E-state index contributed by atoms with van der Waals surface area (Å²) in [5.41, 5.74) is 1.37. The molecule has 1 atom stereocenters. The SMILES string of the molecule is CCCCNC(C)c1nc2c(s1)CCC2. The molecule has 0 aromatic carbocycles. The number of fused-ring (bicyclic) bond motifs is 1. The van der Waals surface area contributed by atoms with E-state index in [4.69, 9.17) is 4.98 Å². The lowest BCUT2D eigenvalue weighted by Gasteiger charge is -2.10. The second-order valence-electron chi connectivity index (χ2n) is 4.30. The summed E-state index contributed by atoms with van der Waals surface area (Å²) in [6, 6.07) is 0.437. The molecule has 1 aliphatic rings. The molecular formula is C12H20N2S. The first-order valence-electron chi connectivity index (χ1n) is 6.03. The smallest absolute Gasteiger partial charge is 0.110 e. The third-order valence-corrected chi connectivity index (χ3v) is 4.30. The van der Waals surface area contributed by atoms with Crippen LogP contribution in [0, 0.1) is 0 Å². The van der Waals surface area contributed by atoms with Gasteiger partial charge in [0.2, 0.25) is 0 Å². The lowest BCUT2D eigenvalue weighted by molar-refractivity contribution is 0.551. The summed E-state index contributed by atoms with van der Waals surface area (Å²) in [7, 11) is 0. The van der Waals surface area contributed by atoms with Gasteiger partial charge < -0.3 is 5.32 Å². The van der Waals surface area contributed by atoms with E-state index in [1.54, 1.807) is 0 Å². The highest BCUT2D eigenvalue weighted by Gasteiger charge is 2.18. The average molecular weight is 224 g/mol. The van der Waals surface area contributed by atoms with Crippen LogP contribution in [0.25, 0.3) is 0 Å². The summed E-state index contributed by atoms with van der Waals surface area (Å²) < 4.78 is 0. The second-order valence-corrected chi connectivity index (χ2v) is 5.42. The predicted molar refractivity (Wildman–Crippen MR) is 65.5 cm³/mol. The molecule has 0 saturated carbocycles. The van der Waals surface area contributed by atoms with E-state index in [0.717, 1.165) is 6.54 Å². The summed E-state index contributed by atoms with van der Waals surface area (Å²) in [6.45, 7) is 5.57. The van der Waals surface area contributed by atoms with Gasteiger partial charge in [0.05, 0.1) is 11.7 Å². The Labute approximate surface area is 96.1 Å². The monoisotopic (exact) mass is 224 g/mol. The molecule has 1 heterocycles. The molecule has 1 aliphatic carbocycles. The fourth-order valence-electron chi connectivity index (χ4n) is 1.98. The minimum Gasteiger partial charge on any atom is -0.308 e. The van der Waals surface area contributed by atoms with Crippen molar-refractivity contribution in [2.24, 2.45) is 0 Å². The van der Waals surface area contributed by atoms with Gasteiger partial charge in [-0.05, 0) is 39.2 Å². The summed E-state index contributed by atoms with van der Waals surface area (Å²) in [6.07, 6.45) is 6.29. The number of rotatable bonds is 5. The molecule has 0 aliphatic heterocycles. The van der Waals surface area contributed by atoms with Gasteiger partial charge in [-0.25, -0.2) is 4.98 Å². The van der Waals surface area contributed by atoms with Crippen LogP contribution in [0.4, 0.5) is 0 Å². The van der Waals surface area contributed by atoms with E-state index in [0.29, 0.717) is 6.04 Å². The van der Waals surface area contributed by atoms with Crippen molar-refractivity contribution in [2.75, 3.05) is 6.54 Å². The van der Waals surface area contributed by atoms with Crippen LogP contribution in [0.15, 0.2) is 0 Å². The number of thiazole rings is 1. The van der Waals surface area contributed by atoms with Gasteiger partial charge in [-0.3, -0.25) is 0 Å². The van der Waals surface area contributed by atoms with Crippen LogP contribution in [0.2, 0.25) is 0 Å². The van der Waals surface area contributed by atoms with E-state index in [9.17, 15) is 0 Å². The zero-order chi connectivity index (χ0) is 10.7. The van der Waals surface area contributed by atoms with Gasteiger partial charge in [-0.2, -0.15) is 0 Å². The Kier molecular flexibility index (Phi) is 3.76. The van der Waals surface area contributed by atoms with Crippen LogP contribution in [0.1, 0.15) is 54.7 Å². The summed E-state index contributed by atoms with van der Waals surface area (Å²) in [4.78, 5) is 6.26. The standard InChI is InChI=1S/C12H20N2S/c1-3-4-8-13-9(2)12-14-10-6-5-7-11(10)15-12/h9,13H,3-8H2,1-2H3. The van der Waals surface area contributed by atoms with Crippen LogP contribution in [0.3, 0.4) is 0 Å². The van der Waals surface area contributed by atoms with Crippen molar-refractivity contribution >= 4 is 11.3 Å². The number of hydrogen-bond donors (Lipinski definition) is 1. The minimum absolute atomic E-state index is 0.437. The van der Waals surface area contributed by atoms with Crippen molar-refractivity contribution in [1.82, 2.24) is 10.3 Å². The highest BCUT2D eigenvalue weighted by molar-refractivity contribution is 7.11. The number of nitrogens with one attached hydrogen (secondary N) is 1. The molecule has 15 heavy (non-hydrogen) atoms. The molecule has 1 unspecified atom stereocenters. The maximum Gasteiger partial charge on any atom is 0.110 e. The normalized spacial score (nSPS) is 16.7. The molecule has 0 spiro atoms. The van der Waals surface area contributed by atoms with Gasteiger partial charge >= 0.3 is 0 Å². The topological polar surface area (TPSA) is 24.9 Å². The fourth-order valence-corrected chi connectivity index (χ4v) is 3.16. The maximum absolute atomic E-state index is 4.73. The third-order valence-electron chi connectivity index (χ3n) is 2.96. The van der Waals surface area contributed by atoms with Crippen molar-refractivity contribution in [1.29, 1.82) is 0 Å². The van der Waals surface area contributed by atoms with E-state index in [1.807, 2.05) is 11.3 Å². The summed E-state index contributed by atoms with van der Waals surface area (Å²) in [5, 5.41) is 4.82. The van der Waals surface area contributed by atoms with Crippen LogP contribution in [-0.4, -0.2) is 11.5 Å². The molecule has 1 aromatic rings. The summed E-state index contributed by atoms with van der Waals surface area (Å²) >= 11 is 1.91. The van der Waals surface area contributed by atoms with Crippen molar-refractivity contribution in [2.45, 2.75) is 52.0 Å². The maximum atomic E-state index is 4.73. The lowest BCUT2D eigenvalue weighted by atomic mass is 10.3. The largest absolute Gasteiger partial charge is 0.308 e. The molecule has 3 heteroatoms. The Balaban J connectivity index is 1.91. The first kappa shape index (κ1) is 11.1. The Bertz CT molecular complexity index is 298. The molecular weight excluding hydrogens is 204 g/mol. The molecule has 84 valence electrons. The molecule has 1 aromatic heterocycles. The highest BCUT2D eigenvalue weighted by atomic mass is 32.1. The lowest BCUT2D eigenvalue weighted by Crippen LogP contribution is -2.19. The molecule has 0 radical (unpaired) electrons. The quantitative estimate of drug-likeness (QED) is 0.777. The molecule has 1 N–H and O–H groups in total. The van der Waals surface area contributed by atoms with Gasteiger partial charge in [0, 0.05) is 4.88 Å². The average Bonchev–Trinajstić information content (AvgIpc) is 2.76. The van der Waals surface area contributed by atoms with E-state index in [2.05, 4.69) is 19.2 Å². The van der Waals surface area contributed by atoms with E-state index >= 15 is 0 Å². The Morgan fingerprint density at radius 2 is 2.33 bits per heavy atom. The first-order chi connectivity index (χ1) is 7.31. The fraction of sp³-hybridized carbons (Fsp3) is 0.750. The Morgan fingerprint density at radius 1 is 1.47 bits per heavy atom. The first-order valence-corrected chi connectivity index (χ1v) is 6.84. The molecule has 2 rings (SSSR count). The van der Waals surface area contributed by atoms with Gasteiger partial charge in [-0.1, -0.05) is 13.3 Å². The van der Waals surface area contributed by atoms with Crippen molar-refractivity contribution < 1.29 is 0 Å². The minimum atomic E-state index is 0.437.